The molecule has 1 aromatic rings. The number of hydrogen-bond donors (Lipinski definition) is 2. The molecule has 0 atom stereocenters. The zero-order valence-corrected chi connectivity index (χ0v) is 8.07. The summed E-state index contributed by atoms with van der Waals surface area (Å²) in [6.07, 6.45) is 1.43. The summed E-state index contributed by atoms with van der Waals surface area (Å²) in [5.74, 6) is -0.808. The molecule has 1 aromatic heterocycles. The number of nitrogens with one attached hydrogen (secondary N) is 1. The van der Waals surface area contributed by atoms with Gasteiger partial charge in [-0.15, -0.1) is 0 Å². The summed E-state index contributed by atoms with van der Waals surface area (Å²) in [6.45, 7) is 1.64. The highest BCUT2D eigenvalue weighted by molar-refractivity contribution is 5.96. The van der Waals surface area contributed by atoms with E-state index in [-0.39, 0.29) is 12.5 Å². The van der Waals surface area contributed by atoms with Crippen LogP contribution in [-0.4, -0.2) is 40.5 Å². The third kappa shape index (κ3) is 2.09. The fraction of sp³-hybridized carbons (Fsp3) is 0.375. The predicted molar refractivity (Wildman–Crippen MR) is 49.5 cm³/mol. The van der Waals surface area contributed by atoms with Gasteiger partial charge in [0.15, 0.2) is 0 Å². The van der Waals surface area contributed by atoms with Gasteiger partial charge < -0.3 is 10.6 Å². The molecule has 14 heavy (non-hydrogen) atoms. The molecule has 6 heteroatoms. The fourth-order valence-corrected chi connectivity index (χ4v) is 1.08. The van der Waals surface area contributed by atoms with Gasteiger partial charge in [0, 0.05) is 12.7 Å². The maximum Gasteiger partial charge on any atom is 0.257 e. The summed E-state index contributed by atoms with van der Waals surface area (Å²) in [5.41, 5.74) is 6.09. The van der Waals surface area contributed by atoms with Crippen molar-refractivity contribution in [2.45, 2.75) is 6.92 Å². The first-order valence-corrected chi connectivity index (χ1v) is 4.06. The Morgan fingerprint density at radius 2 is 2.29 bits per heavy atom. The van der Waals surface area contributed by atoms with Crippen LogP contribution in [0.5, 0.6) is 0 Å². The maximum absolute atomic E-state index is 11.6. The first-order chi connectivity index (χ1) is 6.52. The molecule has 3 N–H and O–H groups in total. The van der Waals surface area contributed by atoms with Gasteiger partial charge in [0.05, 0.1) is 18.3 Å². The zero-order chi connectivity index (χ0) is 10.7. The third-order valence-corrected chi connectivity index (χ3v) is 1.80. The fourth-order valence-electron chi connectivity index (χ4n) is 1.08. The monoisotopic (exact) mass is 196 g/mol. The van der Waals surface area contributed by atoms with Crippen molar-refractivity contribution in [1.29, 1.82) is 0 Å². The van der Waals surface area contributed by atoms with Crippen LogP contribution in [0.25, 0.3) is 0 Å². The molecule has 2 amide bonds. The minimum absolute atomic E-state index is 0.0938. The number of aryl methyl sites for hydroxylation is 1. The van der Waals surface area contributed by atoms with Crippen LogP contribution < -0.4 is 5.73 Å². The average Bonchev–Trinajstić information content (AvgIpc) is 2.48. The van der Waals surface area contributed by atoms with Crippen molar-refractivity contribution < 1.29 is 9.59 Å². The van der Waals surface area contributed by atoms with Crippen LogP contribution in [0.15, 0.2) is 6.20 Å². The number of nitrogens with zero attached hydrogens (tertiary/aromatic N) is 2. The molecular formula is C8H12N4O2. The lowest BCUT2D eigenvalue weighted by Crippen LogP contribution is -2.35. The summed E-state index contributed by atoms with van der Waals surface area (Å²) < 4.78 is 0. The number of rotatable bonds is 3. The van der Waals surface area contributed by atoms with E-state index in [1.807, 2.05) is 0 Å². The second kappa shape index (κ2) is 3.91. The minimum Gasteiger partial charge on any atom is -0.368 e. The minimum atomic E-state index is -0.540. The molecule has 0 fully saturated rings. The highest BCUT2D eigenvalue weighted by Gasteiger charge is 2.16. The molecule has 0 aliphatic carbocycles. The Kier molecular flexibility index (Phi) is 2.85. The molecule has 0 aliphatic heterocycles. The number of carbonyl (C=O) groups excluding carboxylic acids is 2. The molecule has 6 nitrogen and oxygen atoms in total. The van der Waals surface area contributed by atoms with Gasteiger partial charge >= 0.3 is 0 Å². The van der Waals surface area contributed by atoms with E-state index in [2.05, 4.69) is 10.2 Å². The second-order valence-corrected chi connectivity index (χ2v) is 3.04. The van der Waals surface area contributed by atoms with Crippen molar-refractivity contribution in [2.75, 3.05) is 13.6 Å². The first kappa shape index (κ1) is 10.2. The van der Waals surface area contributed by atoms with Crippen molar-refractivity contribution in [3.63, 3.8) is 0 Å². The van der Waals surface area contributed by atoms with E-state index < -0.39 is 5.91 Å². The van der Waals surface area contributed by atoms with E-state index in [9.17, 15) is 9.59 Å². The first-order valence-electron chi connectivity index (χ1n) is 4.06. The van der Waals surface area contributed by atoms with E-state index in [0.717, 1.165) is 0 Å². The molecule has 1 rings (SSSR count). The van der Waals surface area contributed by atoms with Gasteiger partial charge in [-0.05, 0) is 6.92 Å². The predicted octanol–water partition coefficient (Wildman–Crippen LogP) is -0.725. The summed E-state index contributed by atoms with van der Waals surface area (Å²) in [6, 6.07) is 0. The number of hydrogen-bond acceptors (Lipinski definition) is 3. The molecule has 0 spiro atoms. The van der Waals surface area contributed by atoms with Crippen molar-refractivity contribution in [2.24, 2.45) is 5.73 Å². The number of aromatic nitrogens is 2. The highest BCUT2D eigenvalue weighted by atomic mass is 16.2. The lowest BCUT2D eigenvalue weighted by Gasteiger charge is -2.13. The van der Waals surface area contributed by atoms with Gasteiger partial charge in [0.2, 0.25) is 5.91 Å². The molecule has 1 heterocycles. The van der Waals surface area contributed by atoms with Crippen LogP contribution in [0.2, 0.25) is 0 Å². The Hall–Kier alpha value is -1.85. The average molecular weight is 196 g/mol. The lowest BCUT2D eigenvalue weighted by molar-refractivity contribution is -0.118. The van der Waals surface area contributed by atoms with Crippen molar-refractivity contribution >= 4 is 11.8 Å². The van der Waals surface area contributed by atoms with Gasteiger partial charge in [0.1, 0.15) is 0 Å². The van der Waals surface area contributed by atoms with Crippen LogP contribution >= 0.6 is 0 Å². The molecule has 76 valence electrons. The van der Waals surface area contributed by atoms with Gasteiger partial charge in [-0.3, -0.25) is 14.7 Å². The molecular weight excluding hydrogens is 184 g/mol. The molecule has 0 aliphatic rings. The van der Waals surface area contributed by atoms with Crippen LogP contribution in [0.3, 0.4) is 0 Å². The molecule has 0 radical (unpaired) electrons. The number of primary amides is 1. The zero-order valence-electron chi connectivity index (χ0n) is 8.07. The summed E-state index contributed by atoms with van der Waals surface area (Å²) >= 11 is 0. The lowest BCUT2D eigenvalue weighted by atomic mass is 10.2. The highest BCUT2D eigenvalue weighted by Crippen LogP contribution is 2.05. The topological polar surface area (TPSA) is 92.1 Å². The van der Waals surface area contributed by atoms with Crippen LogP contribution in [0, 0.1) is 6.92 Å². The second-order valence-electron chi connectivity index (χ2n) is 3.04. The normalized spacial score (nSPS) is 9.86. The van der Waals surface area contributed by atoms with Crippen LogP contribution in [0.4, 0.5) is 0 Å². The third-order valence-electron chi connectivity index (χ3n) is 1.80. The number of aromatic amines is 1. The summed E-state index contributed by atoms with van der Waals surface area (Å²) in [5, 5.41) is 6.36. The van der Waals surface area contributed by atoms with E-state index in [4.69, 9.17) is 5.73 Å². The standard InChI is InChI=1S/C8H12N4O2/c1-5-6(3-10-11-5)8(14)12(2)4-7(9)13/h3H,4H2,1-2H3,(H2,9,13)(H,10,11). The smallest absolute Gasteiger partial charge is 0.257 e. The van der Waals surface area contributed by atoms with E-state index in [1.165, 1.54) is 18.1 Å². The maximum atomic E-state index is 11.6. The molecule has 0 saturated heterocycles. The number of nitrogens with two attached hydrogens (primary N) is 1. The number of likely N-dealkylation sites (N-methyl/N-ethyl adjacent to an activating group) is 1. The Bertz CT molecular complexity index is 358. The summed E-state index contributed by atoms with van der Waals surface area (Å²) in [4.78, 5) is 23.4. The number of H-pyrrole nitrogens is 1. The SMILES string of the molecule is Cc1[nH]ncc1C(=O)N(C)CC(N)=O. The van der Waals surface area contributed by atoms with Gasteiger partial charge in [0.25, 0.3) is 5.91 Å². The molecule has 0 saturated carbocycles. The Labute approximate surface area is 81.1 Å². The van der Waals surface area contributed by atoms with Crippen LogP contribution in [0.1, 0.15) is 16.1 Å². The van der Waals surface area contributed by atoms with E-state index in [0.29, 0.717) is 11.3 Å². The summed E-state index contributed by atoms with van der Waals surface area (Å²) in [7, 11) is 1.51. The van der Waals surface area contributed by atoms with Gasteiger partial charge in [-0.1, -0.05) is 0 Å². The van der Waals surface area contributed by atoms with Gasteiger partial charge in [-0.25, -0.2) is 0 Å². The van der Waals surface area contributed by atoms with Crippen LogP contribution in [-0.2, 0) is 4.79 Å². The van der Waals surface area contributed by atoms with Gasteiger partial charge in [-0.2, -0.15) is 5.10 Å². The number of carbonyl (C=O) groups is 2. The van der Waals surface area contributed by atoms with E-state index in [1.54, 1.807) is 6.92 Å². The van der Waals surface area contributed by atoms with Crippen molar-refractivity contribution in [1.82, 2.24) is 15.1 Å². The number of amides is 2. The Morgan fingerprint density at radius 3 is 2.71 bits per heavy atom. The molecule has 0 unspecified atom stereocenters. The van der Waals surface area contributed by atoms with Crippen molar-refractivity contribution in [3.8, 4) is 0 Å². The quantitative estimate of drug-likeness (QED) is 0.667. The van der Waals surface area contributed by atoms with Crippen molar-refractivity contribution in [3.05, 3.63) is 17.5 Å². The molecule has 0 aromatic carbocycles. The van der Waals surface area contributed by atoms with E-state index >= 15 is 0 Å². The largest absolute Gasteiger partial charge is 0.368 e. The molecule has 0 bridgehead atoms. The Morgan fingerprint density at radius 1 is 1.64 bits per heavy atom. The Balaban J connectivity index is 2.76.